The summed E-state index contributed by atoms with van der Waals surface area (Å²) < 4.78 is 5.13. The van der Waals surface area contributed by atoms with E-state index in [1.807, 2.05) is 9.80 Å². The second kappa shape index (κ2) is 9.03. The maximum Gasteiger partial charge on any atom is 0.253 e. The Kier molecular flexibility index (Phi) is 6.69. The predicted molar refractivity (Wildman–Crippen MR) is 106 cm³/mol. The van der Waals surface area contributed by atoms with Crippen molar-refractivity contribution in [1.29, 1.82) is 0 Å². The van der Waals surface area contributed by atoms with E-state index in [0.29, 0.717) is 44.8 Å². The van der Waals surface area contributed by atoms with Crippen molar-refractivity contribution in [3.8, 4) is 0 Å². The smallest absolute Gasteiger partial charge is 0.253 e. The van der Waals surface area contributed by atoms with Crippen molar-refractivity contribution < 1.29 is 19.4 Å². The van der Waals surface area contributed by atoms with Gasteiger partial charge in [0, 0.05) is 57.4 Å². The molecule has 1 N–H and O–H groups in total. The second-order valence-electron chi connectivity index (χ2n) is 7.85. The zero-order chi connectivity index (χ0) is 20.1. The molecule has 2 aliphatic rings. The molecule has 0 aromatic heterocycles. The fraction of sp³-hybridized carbons (Fsp3) is 0.619. The van der Waals surface area contributed by atoms with E-state index in [1.165, 1.54) is 0 Å². The molecule has 2 aliphatic heterocycles. The number of benzene rings is 1. The first-order chi connectivity index (χ1) is 13.5. The number of methoxy groups -OCH3 is 1. The van der Waals surface area contributed by atoms with Crippen LogP contribution in [0, 0.1) is 0 Å². The highest BCUT2D eigenvalue weighted by molar-refractivity contribution is 5.94. The standard InChI is InChI=1S/C21H31N3O4/c1-22-11-12-24(20(27)18-5-3-17(15-25)4-6-18)16-21(22)8-7-19(26)23(10-9-21)13-14-28-2/h3-6,25H,7-16H2,1-2H3/t21-/m1/s1. The Morgan fingerprint density at radius 2 is 1.93 bits per heavy atom. The minimum absolute atomic E-state index is 0.0174. The van der Waals surface area contributed by atoms with Crippen LogP contribution in [0.2, 0.25) is 0 Å². The Morgan fingerprint density at radius 3 is 2.61 bits per heavy atom. The van der Waals surface area contributed by atoms with Gasteiger partial charge in [-0.3, -0.25) is 14.5 Å². The van der Waals surface area contributed by atoms with E-state index < -0.39 is 0 Å². The van der Waals surface area contributed by atoms with E-state index in [0.717, 1.165) is 24.9 Å². The van der Waals surface area contributed by atoms with E-state index in [2.05, 4.69) is 11.9 Å². The van der Waals surface area contributed by atoms with Gasteiger partial charge in [0.05, 0.1) is 13.2 Å². The third kappa shape index (κ3) is 4.37. The highest BCUT2D eigenvalue weighted by atomic mass is 16.5. The lowest BCUT2D eigenvalue weighted by atomic mass is 9.86. The molecule has 7 nitrogen and oxygen atoms in total. The van der Waals surface area contributed by atoms with Crippen LogP contribution in [0.1, 0.15) is 35.2 Å². The van der Waals surface area contributed by atoms with Crippen molar-refractivity contribution in [1.82, 2.24) is 14.7 Å². The molecule has 28 heavy (non-hydrogen) atoms. The van der Waals surface area contributed by atoms with Crippen LogP contribution in [0.15, 0.2) is 24.3 Å². The first-order valence-corrected chi connectivity index (χ1v) is 9.96. The predicted octanol–water partition coefficient (Wildman–Crippen LogP) is 0.964. The number of piperazine rings is 1. The summed E-state index contributed by atoms with van der Waals surface area (Å²) in [5.74, 6) is 0.189. The molecule has 1 spiro atoms. The van der Waals surface area contributed by atoms with Gasteiger partial charge in [0.25, 0.3) is 5.91 Å². The van der Waals surface area contributed by atoms with E-state index in [-0.39, 0.29) is 24.0 Å². The van der Waals surface area contributed by atoms with E-state index in [1.54, 1.807) is 31.4 Å². The van der Waals surface area contributed by atoms with Crippen LogP contribution in [0.25, 0.3) is 0 Å². The first-order valence-electron chi connectivity index (χ1n) is 9.96. The van der Waals surface area contributed by atoms with Crippen LogP contribution in [0.4, 0.5) is 0 Å². The summed E-state index contributed by atoms with van der Waals surface area (Å²) in [7, 11) is 3.75. The number of ether oxygens (including phenoxy) is 1. The number of aliphatic hydroxyl groups is 1. The van der Waals surface area contributed by atoms with Gasteiger partial charge in [-0.15, -0.1) is 0 Å². The summed E-state index contributed by atoms with van der Waals surface area (Å²) >= 11 is 0. The number of hydrogen-bond acceptors (Lipinski definition) is 5. The van der Waals surface area contributed by atoms with Crippen molar-refractivity contribution in [2.24, 2.45) is 0 Å². The van der Waals surface area contributed by atoms with Crippen molar-refractivity contribution in [2.45, 2.75) is 31.4 Å². The monoisotopic (exact) mass is 389 g/mol. The van der Waals surface area contributed by atoms with Gasteiger partial charge in [-0.2, -0.15) is 0 Å². The molecule has 154 valence electrons. The van der Waals surface area contributed by atoms with E-state index in [9.17, 15) is 14.7 Å². The Hall–Kier alpha value is -1.96. The van der Waals surface area contributed by atoms with E-state index in [4.69, 9.17) is 4.74 Å². The number of amides is 2. The minimum atomic E-state index is -0.170. The molecule has 0 unspecified atom stereocenters. The van der Waals surface area contributed by atoms with Crippen molar-refractivity contribution in [3.05, 3.63) is 35.4 Å². The number of likely N-dealkylation sites (N-methyl/N-ethyl adjacent to an activating group) is 1. The summed E-state index contributed by atoms with van der Waals surface area (Å²) in [5.41, 5.74) is 1.27. The highest BCUT2D eigenvalue weighted by Gasteiger charge is 2.43. The Labute approximate surface area is 166 Å². The van der Waals surface area contributed by atoms with Crippen molar-refractivity contribution >= 4 is 11.8 Å². The van der Waals surface area contributed by atoms with Gasteiger partial charge >= 0.3 is 0 Å². The van der Waals surface area contributed by atoms with Crippen LogP contribution < -0.4 is 0 Å². The quantitative estimate of drug-likeness (QED) is 0.812. The molecule has 2 fully saturated rings. The molecule has 0 radical (unpaired) electrons. The Morgan fingerprint density at radius 1 is 1.18 bits per heavy atom. The lowest BCUT2D eigenvalue weighted by Gasteiger charge is -2.49. The normalized spacial score (nSPS) is 23.9. The SMILES string of the molecule is COCCN1CC[C@]2(CCC1=O)CN(C(=O)c1ccc(CO)cc1)CCN2C. The zero-order valence-corrected chi connectivity index (χ0v) is 16.9. The lowest BCUT2D eigenvalue weighted by molar-refractivity contribution is -0.131. The number of carbonyl (C=O) groups excluding carboxylic acids is 2. The molecule has 7 heteroatoms. The van der Waals surface area contributed by atoms with E-state index >= 15 is 0 Å². The van der Waals surface area contributed by atoms with Crippen LogP contribution in [0.3, 0.4) is 0 Å². The van der Waals surface area contributed by atoms with Gasteiger partial charge in [-0.25, -0.2) is 0 Å². The number of hydrogen-bond donors (Lipinski definition) is 1. The summed E-state index contributed by atoms with van der Waals surface area (Å²) in [5, 5.41) is 9.19. The molecule has 0 saturated carbocycles. The lowest BCUT2D eigenvalue weighted by Crippen LogP contribution is -2.62. The van der Waals surface area contributed by atoms with Crippen molar-refractivity contribution in [2.75, 3.05) is 53.5 Å². The summed E-state index contributed by atoms with van der Waals surface area (Å²) in [6, 6.07) is 7.14. The average molecular weight is 389 g/mol. The molecule has 0 aliphatic carbocycles. The fourth-order valence-corrected chi connectivity index (χ4v) is 4.24. The first kappa shape index (κ1) is 20.8. The maximum atomic E-state index is 13.0. The zero-order valence-electron chi connectivity index (χ0n) is 16.9. The van der Waals surface area contributed by atoms with Gasteiger partial charge in [-0.1, -0.05) is 12.1 Å². The molecular formula is C21H31N3O4. The highest BCUT2D eigenvalue weighted by Crippen LogP contribution is 2.32. The third-order valence-corrected chi connectivity index (χ3v) is 6.24. The van der Waals surface area contributed by atoms with Crippen LogP contribution in [-0.2, 0) is 16.1 Å². The molecule has 2 amide bonds. The Balaban J connectivity index is 1.72. The summed E-state index contributed by atoms with van der Waals surface area (Å²) in [6.45, 7) is 3.94. The molecule has 3 rings (SSSR count). The molecule has 0 bridgehead atoms. The number of likely N-dealkylation sites (tertiary alicyclic amines) is 1. The maximum absolute atomic E-state index is 13.0. The number of carbonyl (C=O) groups is 2. The molecule has 1 aromatic carbocycles. The summed E-state index contributed by atoms with van der Waals surface area (Å²) in [4.78, 5) is 31.7. The number of aliphatic hydroxyl groups excluding tert-OH is 1. The number of nitrogens with zero attached hydrogens (tertiary/aromatic N) is 3. The van der Waals surface area contributed by atoms with Gasteiger partial charge in [-0.05, 0) is 37.6 Å². The molecule has 1 atom stereocenters. The largest absolute Gasteiger partial charge is 0.392 e. The van der Waals surface area contributed by atoms with Gasteiger partial charge in [0.1, 0.15) is 0 Å². The fourth-order valence-electron chi connectivity index (χ4n) is 4.24. The minimum Gasteiger partial charge on any atom is -0.392 e. The molecular weight excluding hydrogens is 358 g/mol. The van der Waals surface area contributed by atoms with Crippen LogP contribution in [-0.4, -0.2) is 90.6 Å². The van der Waals surface area contributed by atoms with Crippen LogP contribution in [0.5, 0.6) is 0 Å². The Bertz CT molecular complexity index is 693. The van der Waals surface area contributed by atoms with Crippen LogP contribution >= 0.6 is 0 Å². The average Bonchev–Trinajstić information content (AvgIpc) is 2.88. The molecule has 1 aromatic rings. The number of rotatable bonds is 5. The van der Waals surface area contributed by atoms with Gasteiger partial charge in [0.2, 0.25) is 5.91 Å². The molecule has 2 heterocycles. The van der Waals surface area contributed by atoms with Gasteiger partial charge in [0.15, 0.2) is 0 Å². The third-order valence-electron chi connectivity index (χ3n) is 6.24. The topological polar surface area (TPSA) is 73.3 Å². The molecule has 2 saturated heterocycles. The van der Waals surface area contributed by atoms with Crippen molar-refractivity contribution in [3.63, 3.8) is 0 Å². The second-order valence-corrected chi connectivity index (χ2v) is 7.85. The van der Waals surface area contributed by atoms with Gasteiger partial charge < -0.3 is 19.6 Å². The summed E-state index contributed by atoms with van der Waals surface area (Å²) in [6.07, 6.45) is 2.12.